The fourth-order valence-corrected chi connectivity index (χ4v) is 3.78. The first-order chi connectivity index (χ1) is 12.6. The van der Waals surface area contributed by atoms with E-state index in [1.54, 1.807) is 0 Å². The molecule has 26 heavy (non-hydrogen) atoms. The summed E-state index contributed by atoms with van der Waals surface area (Å²) in [4.78, 5) is 0. The fourth-order valence-electron chi connectivity index (χ4n) is 3.78. The normalized spacial score (nSPS) is 12.7. The molecule has 4 nitrogen and oxygen atoms in total. The summed E-state index contributed by atoms with van der Waals surface area (Å²) in [6, 6.07) is 10.9. The Morgan fingerprint density at radius 3 is 2.62 bits per heavy atom. The van der Waals surface area contributed by atoms with Crippen LogP contribution >= 0.6 is 0 Å². The van der Waals surface area contributed by atoms with E-state index in [-0.39, 0.29) is 6.61 Å². The molecular formula is C22H29N3O. The number of benzene rings is 2. The quantitative estimate of drug-likeness (QED) is 0.660. The fraction of sp³-hybridized carbons (Fsp3) is 0.455. The standard InChI is InChI=1S/C22H29N3O/c1-5-7-8-20(17-10-9-15(3)18(13-17)14-26)19-11-12-21-22(16(19)4)23-24-25(21)6-2/h9-13,20,26H,5-8,14H2,1-4H3/t20-/m0/s1. The summed E-state index contributed by atoms with van der Waals surface area (Å²) in [6.45, 7) is 9.44. The van der Waals surface area contributed by atoms with Gasteiger partial charge < -0.3 is 5.11 Å². The van der Waals surface area contributed by atoms with Gasteiger partial charge in [-0.15, -0.1) is 5.10 Å². The molecule has 3 aromatic rings. The maximum atomic E-state index is 9.68. The lowest BCUT2D eigenvalue weighted by Gasteiger charge is -2.21. The predicted molar refractivity (Wildman–Crippen MR) is 106 cm³/mol. The zero-order chi connectivity index (χ0) is 18.7. The molecule has 0 aliphatic rings. The second kappa shape index (κ2) is 8.00. The first-order valence-electron chi connectivity index (χ1n) is 9.63. The van der Waals surface area contributed by atoms with Crippen molar-refractivity contribution in [3.05, 3.63) is 58.1 Å². The molecule has 0 saturated heterocycles. The van der Waals surface area contributed by atoms with E-state index in [4.69, 9.17) is 0 Å². The Bertz CT molecular complexity index is 898. The lowest BCUT2D eigenvalue weighted by molar-refractivity contribution is 0.281. The van der Waals surface area contributed by atoms with Crippen LogP contribution in [0.2, 0.25) is 0 Å². The first kappa shape index (κ1) is 18.6. The maximum Gasteiger partial charge on any atom is 0.116 e. The number of rotatable bonds is 7. The molecule has 1 heterocycles. The van der Waals surface area contributed by atoms with Crippen molar-refractivity contribution in [1.29, 1.82) is 0 Å². The van der Waals surface area contributed by atoms with Crippen molar-refractivity contribution in [1.82, 2.24) is 15.0 Å². The Hall–Kier alpha value is -2.20. The summed E-state index contributed by atoms with van der Waals surface area (Å²) in [6.07, 6.45) is 3.44. The minimum absolute atomic E-state index is 0.0863. The molecule has 1 atom stereocenters. The number of nitrogens with zero attached hydrogens (tertiary/aromatic N) is 3. The number of hydrogen-bond donors (Lipinski definition) is 1. The van der Waals surface area contributed by atoms with E-state index < -0.39 is 0 Å². The van der Waals surface area contributed by atoms with Crippen LogP contribution in [0.25, 0.3) is 11.0 Å². The van der Waals surface area contributed by atoms with Gasteiger partial charge in [0.25, 0.3) is 0 Å². The highest BCUT2D eigenvalue weighted by Gasteiger charge is 2.20. The zero-order valence-electron chi connectivity index (χ0n) is 16.3. The van der Waals surface area contributed by atoms with Gasteiger partial charge >= 0.3 is 0 Å². The molecule has 0 amide bonds. The molecule has 1 aromatic heterocycles. The van der Waals surface area contributed by atoms with Gasteiger partial charge in [0.15, 0.2) is 0 Å². The summed E-state index contributed by atoms with van der Waals surface area (Å²) in [5, 5.41) is 18.4. The molecule has 1 N–H and O–H groups in total. The minimum Gasteiger partial charge on any atom is -0.392 e. The monoisotopic (exact) mass is 351 g/mol. The van der Waals surface area contributed by atoms with Crippen LogP contribution in [0.4, 0.5) is 0 Å². The van der Waals surface area contributed by atoms with Crippen LogP contribution in [-0.4, -0.2) is 20.1 Å². The van der Waals surface area contributed by atoms with E-state index in [2.05, 4.69) is 68.3 Å². The highest BCUT2D eigenvalue weighted by Crippen LogP contribution is 2.35. The van der Waals surface area contributed by atoms with Crippen LogP contribution in [-0.2, 0) is 13.2 Å². The van der Waals surface area contributed by atoms with E-state index in [1.165, 1.54) is 29.5 Å². The van der Waals surface area contributed by atoms with Gasteiger partial charge in [0.1, 0.15) is 5.52 Å². The van der Waals surface area contributed by atoms with Crippen LogP contribution in [0.1, 0.15) is 66.8 Å². The summed E-state index contributed by atoms with van der Waals surface area (Å²) < 4.78 is 1.95. The molecule has 138 valence electrons. The lowest BCUT2D eigenvalue weighted by atomic mass is 9.83. The van der Waals surface area contributed by atoms with Gasteiger partial charge in [0, 0.05) is 12.5 Å². The van der Waals surface area contributed by atoms with E-state index in [0.717, 1.165) is 35.1 Å². The SMILES string of the molecule is CCCC[C@@H](c1ccc(C)c(CO)c1)c1ccc2c(nnn2CC)c1C. The molecule has 0 radical (unpaired) electrons. The van der Waals surface area contributed by atoms with E-state index >= 15 is 0 Å². The van der Waals surface area contributed by atoms with Crippen LogP contribution in [0, 0.1) is 13.8 Å². The third kappa shape index (κ3) is 3.38. The van der Waals surface area contributed by atoms with Gasteiger partial charge in [-0.25, -0.2) is 4.68 Å². The van der Waals surface area contributed by atoms with Crippen molar-refractivity contribution in [3.63, 3.8) is 0 Å². The molecule has 0 aliphatic carbocycles. The molecule has 3 rings (SSSR count). The van der Waals surface area contributed by atoms with Crippen LogP contribution in [0.5, 0.6) is 0 Å². The minimum atomic E-state index is 0.0863. The molecule has 2 aromatic carbocycles. The van der Waals surface area contributed by atoms with Crippen molar-refractivity contribution in [2.45, 2.75) is 66.0 Å². The topological polar surface area (TPSA) is 50.9 Å². The van der Waals surface area contributed by atoms with Crippen molar-refractivity contribution in [3.8, 4) is 0 Å². The Balaban J connectivity index is 2.11. The highest BCUT2D eigenvalue weighted by molar-refractivity contribution is 5.79. The van der Waals surface area contributed by atoms with Crippen LogP contribution in [0.3, 0.4) is 0 Å². The van der Waals surface area contributed by atoms with Gasteiger partial charge in [-0.3, -0.25) is 0 Å². The van der Waals surface area contributed by atoms with E-state index in [0.29, 0.717) is 5.92 Å². The third-order valence-corrected chi connectivity index (χ3v) is 5.45. The van der Waals surface area contributed by atoms with Crippen molar-refractivity contribution in [2.24, 2.45) is 0 Å². The summed E-state index contributed by atoms with van der Waals surface area (Å²) in [7, 11) is 0. The average Bonchev–Trinajstić information content (AvgIpc) is 3.08. The lowest BCUT2D eigenvalue weighted by Crippen LogP contribution is -2.06. The number of fused-ring (bicyclic) bond motifs is 1. The van der Waals surface area contributed by atoms with E-state index in [1.807, 2.05) is 4.68 Å². The van der Waals surface area contributed by atoms with Crippen molar-refractivity contribution in [2.75, 3.05) is 0 Å². The van der Waals surface area contributed by atoms with Crippen LogP contribution < -0.4 is 0 Å². The number of aliphatic hydroxyl groups excluding tert-OH is 1. The first-order valence-corrected chi connectivity index (χ1v) is 9.63. The zero-order valence-corrected chi connectivity index (χ0v) is 16.3. The van der Waals surface area contributed by atoms with Crippen LogP contribution in [0.15, 0.2) is 30.3 Å². The highest BCUT2D eigenvalue weighted by atomic mass is 16.3. The Kier molecular flexibility index (Phi) is 5.72. The number of aromatic nitrogens is 3. The summed E-state index contributed by atoms with van der Waals surface area (Å²) in [5.74, 6) is 0.317. The van der Waals surface area contributed by atoms with Gasteiger partial charge in [0.05, 0.1) is 12.1 Å². The smallest absolute Gasteiger partial charge is 0.116 e. The molecule has 0 spiro atoms. The average molecular weight is 351 g/mol. The summed E-state index contributed by atoms with van der Waals surface area (Å²) in [5.41, 5.74) is 8.07. The van der Waals surface area contributed by atoms with Crippen molar-refractivity contribution >= 4 is 11.0 Å². The van der Waals surface area contributed by atoms with Crippen molar-refractivity contribution < 1.29 is 5.11 Å². The number of aliphatic hydroxyl groups is 1. The van der Waals surface area contributed by atoms with E-state index in [9.17, 15) is 5.11 Å². The van der Waals surface area contributed by atoms with Gasteiger partial charge in [-0.2, -0.15) is 0 Å². The van der Waals surface area contributed by atoms with Gasteiger partial charge in [-0.1, -0.05) is 49.2 Å². The Morgan fingerprint density at radius 2 is 1.92 bits per heavy atom. The largest absolute Gasteiger partial charge is 0.392 e. The molecule has 0 unspecified atom stereocenters. The maximum absolute atomic E-state index is 9.68. The number of hydrogen-bond acceptors (Lipinski definition) is 3. The van der Waals surface area contributed by atoms with Gasteiger partial charge in [-0.05, 0) is 61.1 Å². The molecule has 0 fully saturated rings. The molecule has 4 heteroatoms. The second-order valence-electron chi connectivity index (χ2n) is 7.09. The molecule has 0 bridgehead atoms. The second-order valence-corrected chi connectivity index (χ2v) is 7.09. The Labute approximate surface area is 155 Å². The molecule has 0 saturated carbocycles. The Morgan fingerprint density at radius 1 is 1.12 bits per heavy atom. The van der Waals surface area contributed by atoms with Gasteiger partial charge in [0.2, 0.25) is 0 Å². The number of unbranched alkanes of at least 4 members (excludes halogenated alkanes) is 1. The molecule has 0 aliphatic heterocycles. The summed E-state index contributed by atoms with van der Waals surface area (Å²) >= 11 is 0. The third-order valence-electron chi connectivity index (χ3n) is 5.45. The predicted octanol–water partition coefficient (Wildman–Crippen LogP) is 4.88. The number of aryl methyl sites for hydroxylation is 3. The molecular weight excluding hydrogens is 322 g/mol.